The lowest BCUT2D eigenvalue weighted by Crippen LogP contribution is -2.03. The minimum Gasteiger partial charge on any atom is -0.456 e. The summed E-state index contributed by atoms with van der Waals surface area (Å²) in [5.74, 6) is 0.653. The number of furan rings is 1. The topological polar surface area (TPSA) is 43.9 Å². The largest absolute Gasteiger partial charge is 0.456 e. The number of rotatable bonds is 2. The van der Waals surface area contributed by atoms with Gasteiger partial charge in [0.25, 0.3) is 0 Å². The van der Waals surface area contributed by atoms with Crippen LogP contribution in [0.15, 0.2) is 168 Å². The van der Waals surface area contributed by atoms with E-state index < -0.39 is 0 Å². The molecule has 13 rings (SSSR count). The predicted molar refractivity (Wildman–Crippen MR) is 232 cm³/mol. The maximum Gasteiger partial charge on any atom is 0.235 e. The van der Waals surface area contributed by atoms with Gasteiger partial charge in [-0.2, -0.15) is 0 Å². The Kier molecular flexibility index (Phi) is 5.74. The number of benzene rings is 9. The van der Waals surface area contributed by atoms with Gasteiger partial charge in [0.2, 0.25) is 5.95 Å². The molecule has 4 aromatic heterocycles. The summed E-state index contributed by atoms with van der Waals surface area (Å²) in [6, 6.07) is 58.6. The smallest absolute Gasteiger partial charge is 0.235 e. The standard InChI is InChI=1S/C50H27N3OS/c1-3-13-31-29(12-1)22-26-41-43(31)37-27-30(23-25-40(37)54-41)47-35-17-7-9-19-38(35)51-50(52-47)53-39-24-21-28-11-2-4-14-32(28)45(39)46-34-16-6-5-15-33(34)44-36-18-8-10-20-42(36)55-49(44)48(46)53/h1-27H. The van der Waals surface area contributed by atoms with Crippen molar-refractivity contribution in [3.63, 3.8) is 0 Å². The third kappa shape index (κ3) is 3.94. The summed E-state index contributed by atoms with van der Waals surface area (Å²) in [5, 5.41) is 15.5. The van der Waals surface area contributed by atoms with Gasteiger partial charge in [-0.25, -0.2) is 9.97 Å². The fraction of sp³-hybridized carbons (Fsp3) is 0. The van der Waals surface area contributed by atoms with Gasteiger partial charge in [-0.15, -0.1) is 11.3 Å². The van der Waals surface area contributed by atoms with Gasteiger partial charge in [0.15, 0.2) is 0 Å². The highest BCUT2D eigenvalue weighted by molar-refractivity contribution is 7.27. The average Bonchev–Trinajstić information content (AvgIpc) is 3.93. The molecule has 0 bridgehead atoms. The van der Waals surface area contributed by atoms with Crippen molar-refractivity contribution in [3.8, 4) is 17.2 Å². The number of hydrogen-bond donors (Lipinski definition) is 0. The van der Waals surface area contributed by atoms with Crippen LogP contribution >= 0.6 is 11.3 Å². The zero-order chi connectivity index (χ0) is 35.8. The molecule has 254 valence electrons. The first kappa shape index (κ1) is 29.4. The van der Waals surface area contributed by atoms with Crippen LogP contribution in [0.1, 0.15) is 0 Å². The van der Waals surface area contributed by atoms with Gasteiger partial charge < -0.3 is 4.42 Å². The first-order valence-electron chi connectivity index (χ1n) is 18.6. The normalized spacial score (nSPS) is 12.4. The highest BCUT2D eigenvalue weighted by Gasteiger charge is 2.25. The van der Waals surface area contributed by atoms with E-state index in [9.17, 15) is 0 Å². The second-order valence-electron chi connectivity index (χ2n) is 14.4. The van der Waals surface area contributed by atoms with Crippen molar-refractivity contribution in [1.82, 2.24) is 14.5 Å². The van der Waals surface area contributed by atoms with Crippen LogP contribution < -0.4 is 0 Å². The fourth-order valence-corrected chi connectivity index (χ4v) is 10.5. The third-order valence-electron chi connectivity index (χ3n) is 11.6. The van der Waals surface area contributed by atoms with Crippen LogP contribution in [-0.4, -0.2) is 14.5 Å². The summed E-state index contributed by atoms with van der Waals surface area (Å²) in [6.07, 6.45) is 0. The van der Waals surface area contributed by atoms with E-state index in [1.54, 1.807) is 0 Å². The maximum atomic E-state index is 6.42. The molecule has 4 nitrogen and oxygen atoms in total. The molecule has 0 fully saturated rings. The average molecular weight is 718 g/mol. The van der Waals surface area contributed by atoms with Crippen LogP contribution in [0.25, 0.3) is 124 Å². The van der Waals surface area contributed by atoms with Crippen LogP contribution in [-0.2, 0) is 0 Å². The Balaban J connectivity index is 1.20. The van der Waals surface area contributed by atoms with Gasteiger partial charge in [0, 0.05) is 48.0 Å². The molecule has 0 saturated heterocycles. The van der Waals surface area contributed by atoms with Crippen molar-refractivity contribution in [3.05, 3.63) is 164 Å². The Hall–Kier alpha value is -7.08. The summed E-state index contributed by atoms with van der Waals surface area (Å²) in [4.78, 5) is 11.0. The number of nitrogens with zero attached hydrogens (tertiary/aromatic N) is 3. The van der Waals surface area contributed by atoms with Crippen molar-refractivity contribution >= 4 is 118 Å². The number of hydrogen-bond acceptors (Lipinski definition) is 4. The van der Waals surface area contributed by atoms with Crippen LogP contribution in [0.4, 0.5) is 0 Å². The summed E-state index contributed by atoms with van der Waals surface area (Å²) in [6.45, 7) is 0. The zero-order valence-electron chi connectivity index (χ0n) is 29.2. The number of aromatic nitrogens is 3. The van der Waals surface area contributed by atoms with Crippen molar-refractivity contribution in [2.45, 2.75) is 0 Å². The summed E-state index contributed by atoms with van der Waals surface area (Å²) < 4.78 is 11.3. The van der Waals surface area contributed by atoms with E-state index in [0.717, 1.165) is 55.1 Å². The molecule has 13 aromatic rings. The fourth-order valence-electron chi connectivity index (χ4n) is 9.22. The molecule has 0 radical (unpaired) electrons. The molecule has 0 spiro atoms. The summed E-state index contributed by atoms with van der Waals surface area (Å²) in [7, 11) is 0. The molecule has 0 N–H and O–H groups in total. The van der Waals surface area contributed by atoms with E-state index in [1.807, 2.05) is 11.3 Å². The minimum atomic E-state index is 0.653. The summed E-state index contributed by atoms with van der Waals surface area (Å²) in [5.41, 5.74) is 6.79. The van der Waals surface area contributed by atoms with E-state index in [2.05, 4.69) is 168 Å². The first-order chi connectivity index (χ1) is 27.3. The van der Waals surface area contributed by atoms with Gasteiger partial charge in [-0.1, -0.05) is 121 Å². The Morgan fingerprint density at radius 2 is 1.09 bits per heavy atom. The molecule has 9 aromatic carbocycles. The molecule has 0 saturated carbocycles. The molecule has 4 heterocycles. The van der Waals surface area contributed by atoms with Crippen molar-refractivity contribution in [2.24, 2.45) is 0 Å². The molecule has 0 aliphatic heterocycles. The van der Waals surface area contributed by atoms with Crippen molar-refractivity contribution < 1.29 is 4.42 Å². The number of fused-ring (bicyclic) bond motifs is 18. The quantitative estimate of drug-likeness (QED) is 0.179. The van der Waals surface area contributed by atoms with Crippen LogP contribution in [0.3, 0.4) is 0 Å². The second kappa shape index (κ2) is 10.8. The molecule has 0 aliphatic rings. The lowest BCUT2D eigenvalue weighted by atomic mass is 9.97. The molecule has 55 heavy (non-hydrogen) atoms. The van der Waals surface area contributed by atoms with Gasteiger partial charge in [0.05, 0.1) is 26.9 Å². The Morgan fingerprint density at radius 1 is 0.455 bits per heavy atom. The number of thiophene rings is 1. The Labute approximate surface area is 317 Å². The van der Waals surface area contributed by atoms with E-state index in [4.69, 9.17) is 14.4 Å². The summed E-state index contributed by atoms with van der Waals surface area (Å²) >= 11 is 1.86. The van der Waals surface area contributed by atoms with Crippen molar-refractivity contribution in [2.75, 3.05) is 0 Å². The van der Waals surface area contributed by atoms with Gasteiger partial charge in [-0.3, -0.25) is 4.57 Å². The minimum absolute atomic E-state index is 0.653. The van der Waals surface area contributed by atoms with Gasteiger partial charge in [-0.05, 0) is 74.8 Å². The molecule has 0 unspecified atom stereocenters. The van der Waals surface area contributed by atoms with Gasteiger partial charge in [0.1, 0.15) is 11.2 Å². The molecule has 0 amide bonds. The SMILES string of the molecule is c1ccc2c(c1)ccc1oc3ccc(-c4nc(-n5c6ccc7ccccc7c6c6c7ccccc7c7c8ccccc8sc7c65)nc5ccccc45)cc3c12. The van der Waals surface area contributed by atoms with E-state index in [-0.39, 0.29) is 0 Å². The third-order valence-corrected chi connectivity index (χ3v) is 12.7. The molecular formula is C50H27N3OS. The van der Waals surface area contributed by atoms with Gasteiger partial charge >= 0.3 is 0 Å². The first-order valence-corrected chi connectivity index (χ1v) is 19.4. The molecule has 5 heteroatoms. The molecule has 0 atom stereocenters. The van der Waals surface area contributed by atoms with E-state index >= 15 is 0 Å². The van der Waals surface area contributed by atoms with Crippen LogP contribution in [0.2, 0.25) is 0 Å². The molecule has 0 aliphatic carbocycles. The zero-order valence-corrected chi connectivity index (χ0v) is 30.1. The monoisotopic (exact) mass is 717 g/mol. The molecular weight excluding hydrogens is 691 g/mol. The van der Waals surface area contributed by atoms with Crippen molar-refractivity contribution in [1.29, 1.82) is 0 Å². The Morgan fingerprint density at radius 3 is 1.91 bits per heavy atom. The highest BCUT2D eigenvalue weighted by atomic mass is 32.1. The van der Waals surface area contributed by atoms with E-state index in [1.165, 1.54) is 63.3 Å². The highest BCUT2D eigenvalue weighted by Crippen LogP contribution is 2.49. The maximum absolute atomic E-state index is 6.42. The van der Waals surface area contributed by atoms with Crippen LogP contribution in [0, 0.1) is 0 Å². The Bertz CT molecular complexity index is 3790. The number of para-hydroxylation sites is 1. The van der Waals surface area contributed by atoms with Crippen LogP contribution in [0.5, 0.6) is 0 Å². The lowest BCUT2D eigenvalue weighted by Gasteiger charge is -2.13. The predicted octanol–water partition coefficient (Wildman–Crippen LogP) is 14.1. The lowest BCUT2D eigenvalue weighted by molar-refractivity contribution is 0.669. The second-order valence-corrected chi connectivity index (χ2v) is 15.5. The van der Waals surface area contributed by atoms with E-state index in [0.29, 0.717) is 5.95 Å².